The van der Waals surface area contributed by atoms with E-state index in [1.807, 2.05) is 0 Å². The number of aliphatic hydroxyl groups excluding tert-OH is 4. The Hall–Kier alpha value is -6.20. The van der Waals surface area contributed by atoms with Crippen LogP contribution in [-0.4, -0.2) is 323 Å². The monoisotopic (exact) mass is 1310 g/mol. The molecule has 4 amide bonds. The van der Waals surface area contributed by atoms with Crippen LogP contribution in [0.15, 0.2) is 33.7 Å². The number of aliphatic carboxylic acids is 2. The van der Waals surface area contributed by atoms with Crippen LogP contribution in [0.25, 0.3) is 0 Å². The summed E-state index contributed by atoms with van der Waals surface area (Å²) in [5, 5.41) is 68.0. The average Bonchev–Trinajstić information content (AvgIpc) is 0.837. The van der Waals surface area contributed by atoms with Crippen LogP contribution in [0.5, 0.6) is 0 Å². The third-order valence-corrected chi connectivity index (χ3v) is 12.8. The van der Waals surface area contributed by atoms with Crippen molar-refractivity contribution < 1.29 is 126 Å². The number of rotatable bonds is 55. The standard InChI is InChI=1S/C55H98N10O26/c1-4-10-78-16-18-82-20-22-84-24-26-86-28-29-87-27-25-85-23-21-83-19-17-79-11-5-46(73)65(8-14-80-12-6-60-44(71)34-88-49(40(69)32-66)48-36(2)38(63-54(56)57)30-42(90-48)52(74)75)9-15-81-13-7-61-45(72)35-89-50(41(70)33-67)51-47(62-37(3)68)39(64-55(58)59)31-43(91-51)53(76)77/h30-31,36,38-41,47-51,66-67,69-70H,4-29,32-35H2,1-3H3,(H,60,71)(H,61,72)(H,62,68)(H,74,75)(H,76,77)(H4,56,57,63)(H4,58,59,64)/t36-,38+,39+,40-,41-,47-,48-,49-,50-,51-/m1/s1. The van der Waals surface area contributed by atoms with Gasteiger partial charge in [-0.25, -0.2) is 19.6 Å². The van der Waals surface area contributed by atoms with Crippen molar-refractivity contribution in [2.45, 2.75) is 88.4 Å². The Labute approximate surface area is 528 Å². The van der Waals surface area contributed by atoms with Crippen LogP contribution in [0.3, 0.4) is 0 Å². The number of hydrogen-bond acceptors (Lipinski definition) is 26. The third-order valence-electron chi connectivity index (χ3n) is 12.8. The van der Waals surface area contributed by atoms with Crippen molar-refractivity contribution in [1.29, 1.82) is 0 Å². The van der Waals surface area contributed by atoms with Crippen molar-refractivity contribution in [2.24, 2.45) is 38.8 Å². The molecule has 10 atom stereocenters. The second-order valence-electron chi connectivity index (χ2n) is 20.0. The molecule has 0 unspecified atom stereocenters. The first kappa shape index (κ1) is 80.9. The number of amides is 4. The highest BCUT2D eigenvalue weighted by molar-refractivity contribution is 5.86. The van der Waals surface area contributed by atoms with Crippen molar-refractivity contribution in [3.8, 4) is 0 Å². The smallest absolute Gasteiger partial charge is 0.370 e. The molecule has 0 aromatic carbocycles. The highest BCUT2D eigenvalue weighted by Crippen LogP contribution is 2.31. The van der Waals surface area contributed by atoms with E-state index in [2.05, 4.69) is 32.9 Å². The van der Waals surface area contributed by atoms with Crippen LogP contribution in [0.2, 0.25) is 0 Å². The SMILES string of the molecule is CCCOCCOCCOCCOCCOCCOCCOCCOCCC(=O)N(CCOCCNC(=O)CO[C@@H]([C@@H]1OC(C(=O)O)=C[C@H](N=C(N)N)[C@H]1C)[C@H](O)CO)CCOCCNC(=O)CO[C@@H]([C@@H]1OC(C(=O)O)=C[C@H](N=C(N)N)[C@H]1NC(C)=O)[C@H](O)CO. The van der Waals surface area contributed by atoms with Gasteiger partial charge in [-0.3, -0.25) is 19.2 Å². The van der Waals surface area contributed by atoms with Gasteiger partial charge in [0, 0.05) is 45.6 Å². The third kappa shape index (κ3) is 36.0. The number of carboxylic acid groups (broad SMARTS) is 2. The number of carboxylic acids is 2. The fourth-order valence-electron chi connectivity index (χ4n) is 8.45. The number of ether oxygens (including phenoxy) is 14. The summed E-state index contributed by atoms with van der Waals surface area (Å²) >= 11 is 0. The molecule has 2 rings (SSSR count). The second kappa shape index (κ2) is 49.4. The van der Waals surface area contributed by atoms with Crippen molar-refractivity contribution in [1.82, 2.24) is 20.9 Å². The largest absolute Gasteiger partial charge is 0.480 e. The number of guanidine groups is 2. The maximum absolute atomic E-state index is 13.5. The Morgan fingerprint density at radius 1 is 0.549 bits per heavy atom. The Bertz CT molecular complexity index is 2200. The molecule has 0 spiro atoms. The molecule has 91 heavy (non-hydrogen) atoms. The molecule has 0 bridgehead atoms. The molecule has 17 N–H and O–H groups in total. The first-order valence-electron chi connectivity index (χ1n) is 29.8. The van der Waals surface area contributed by atoms with Crippen LogP contribution >= 0.6 is 0 Å². The average molecular weight is 1320 g/mol. The quantitative estimate of drug-likeness (QED) is 0.0153. The Kier molecular flexibility index (Phi) is 43.9. The molecule has 2 aliphatic rings. The van der Waals surface area contributed by atoms with E-state index < -0.39 is 134 Å². The van der Waals surface area contributed by atoms with Gasteiger partial charge in [0.1, 0.15) is 43.7 Å². The van der Waals surface area contributed by atoms with E-state index in [0.29, 0.717) is 79.3 Å². The molecule has 36 nitrogen and oxygen atoms in total. The van der Waals surface area contributed by atoms with E-state index in [-0.39, 0.29) is 90.7 Å². The lowest BCUT2D eigenvalue weighted by Gasteiger charge is -2.40. The van der Waals surface area contributed by atoms with E-state index in [9.17, 15) is 59.4 Å². The van der Waals surface area contributed by atoms with Gasteiger partial charge in [-0.15, -0.1) is 0 Å². The number of aliphatic imine (C=N–C) groups is 2. The van der Waals surface area contributed by atoms with Gasteiger partial charge in [-0.1, -0.05) is 13.8 Å². The summed E-state index contributed by atoms with van der Waals surface area (Å²) in [6.45, 7) is 8.11. The summed E-state index contributed by atoms with van der Waals surface area (Å²) in [5.74, 6) is -7.95. The molecule has 0 aliphatic carbocycles. The molecule has 0 radical (unpaired) electrons. The van der Waals surface area contributed by atoms with Crippen molar-refractivity contribution >= 4 is 47.5 Å². The van der Waals surface area contributed by atoms with Crippen LogP contribution in [0.4, 0.5) is 0 Å². The van der Waals surface area contributed by atoms with Crippen molar-refractivity contribution in [2.75, 3.05) is 185 Å². The molecule has 0 fully saturated rings. The lowest BCUT2D eigenvalue weighted by atomic mass is 9.87. The summed E-state index contributed by atoms with van der Waals surface area (Å²) in [5.41, 5.74) is 22.2. The molecular weight excluding hydrogens is 1220 g/mol. The second-order valence-corrected chi connectivity index (χ2v) is 20.0. The van der Waals surface area contributed by atoms with Crippen LogP contribution in [0, 0.1) is 5.92 Å². The Morgan fingerprint density at radius 2 is 0.912 bits per heavy atom. The van der Waals surface area contributed by atoms with E-state index in [4.69, 9.17) is 89.3 Å². The summed E-state index contributed by atoms with van der Waals surface area (Å²) in [7, 11) is 0. The maximum Gasteiger partial charge on any atom is 0.370 e. The van der Waals surface area contributed by atoms with Crippen LogP contribution in [0.1, 0.15) is 33.6 Å². The van der Waals surface area contributed by atoms with Gasteiger partial charge in [0.15, 0.2) is 18.0 Å². The van der Waals surface area contributed by atoms with Gasteiger partial charge in [0.25, 0.3) is 0 Å². The number of aliphatic hydroxyl groups is 4. The van der Waals surface area contributed by atoms with Gasteiger partial charge in [0.05, 0.1) is 163 Å². The Morgan fingerprint density at radius 3 is 1.30 bits per heavy atom. The van der Waals surface area contributed by atoms with E-state index in [1.54, 1.807) is 6.92 Å². The number of hydrogen-bond donors (Lipinski definition) is 13. The van der Waals surface area contributed by atoms with E-state index in [1.165, 1.54) is 11.0 Å². The molecule has 0 saturated heterocycles. The molecule has 524 valence electrons. The number of nitrogens with zero attached hydrogens (tertiary/aromatic N) is 3. The molecule has 0 saturated carbocycles. The van der Waals surface area contributed by atoms with E-state index >= 15 is 0 Å². The normalized spacial score (nSPS) is 19.2. The van der Waals surface area contributed by atoms with Crippen molar-refractivity contribution in [3.63, 3.8) is 0 Å². The highest BCUT2D eigenvalue weighted by Gasteiger charge is 2.46. The molecule has 36 heteroatoms. The topological polar surface area (TPSA) is 521 Å². The summed E-state index contributed by atoms with van der Waals surface area (Å²) in [4.78, 5) is 84.6. The number of carbonyl (C=O) groups is 6. The predicted octanol–water partition coefficient (Wildman–Crippen LogP) is -6.35. The van der Waals surface area contributed by atoms with Crippen LogP contribution < -0.4 is 38.9 Å². The molecule has 2 aliphatic heterocycles. The first-order valence-corrected chi connectivity index (χ1v) is 29.8. The lowest BCUT2D eigenvalue weighted by Crippen LogP contribution is -2.60. The maximum atomic E-state index is 13.5. The predicted molar refractivity (Wildman–Crippen MR) is 319 cm³/mol. The van der Waals surface area contributed by atoms with E-state index in [0.717, 1.165) is 26.0 Å². The van der Waals surface area contributed by atoms with Crippen LogP contribution in [-0.2, 0) is 95.1 Å². The minimum atomic E-state index is -1.75. The minimum absolute atomic E-state index is 0.000791. The van der Waals surface area contributed by atoms with Gasteiger partial charge in [-0.2, -0.15) is 0 Å². The molecular formula is C55H98N10O26. The van der Waals surface area contributed by atoms with Crippen molar-refractivity contribution in [3.05, 3.63) is 23.7 Å². The summed E-state index contributed by atoms with van der Waals surface area (Å²) in [6, 6.07) is -3.34. The zero-order valence-electron chi connectivity index (χ0n) is 52.1. The number of carbonyl (C=O) groups excluding carboxylic acids is 4. The first-order chi connectivity index (χ1) is 43.7. The fourth-order valence-corrected chi connectivity index (χ4v) is 8.45. The van der Waals surface area contributed by atoms with Gasteiger partial charge in [-0.05, 0) is 18.6 Å². The lowest BCUT2D eigenvalue weighted by molar-refractivity contribution is -0.160. The van der Waals surface area contributed by atoms with Gasteiger partial charge < -0.3 is 141 Å². The van der Waals surface area contributed by atoms with Gasteiger partial charge in [0.2, 0.25) is 35.1 Å². The molecule has 2 heterocycles. The highest BCUT2D eigenvalue weighted by atomic mass is 16.6. The van der Waals surface area contributed by atoms with Gasteiger partial charge >= 0.3 is 11.9 Å². The zero-order valence-corrected chi connectivity index (χ0v) is 52.1. The zero-order chi connectivity index (χ0) is 67.2. The fraction of sp³-hybridized carbons (Fsp3) is 0.782. The number of nitrogens with one attached hydrogen (secondary N) is 3. The Balaban J connectivity index is 1.86. The summed E-state index contributed by atoms with van der Waals surface area (Å²) in [6.07, 6.45) is -5.90. The summed E-state index contributed by atoms with van der Waals surface area (Å²) < 4.78 is 77.8. The molecule has 0 aromatic rings. The minimum Gasteiger partial charge on any atom is -0.480 e. The molecule has 0 aromatic heterocycles. The number of nitrogens with two attached hydrogens (primary N) is 4.